The molecular weight excluding hydrogens is 220 g/mol. The number of ether oxygens (including phenoxy) is 2. The third kappa shape index (κ3) is 25.8. The fourth-order valence-corrected chi connectivity index (χ4v) is 1.18. The molecule has 0 saturated heterocycles. The van der Waals surface area contributed by atoms with Crippen LogP contribution in [-0.4, -0.2) is 49.9 Å². The summed E-state index contributed by atoms with van der Waals surface area (Å²) < 4.78 is 9.85. The average Bonchev–Trinajstić information content (AvgIpc) is 2.35. The predicted octanol–water partition coefficient (Wildman–Crippen LogP) is 1.98. The summed E-state index contributed by atoms with van der Waals surface area (Å²) in [6.45, 7) is 6.81. The number of hydrogen-bond donors (Lipinski definition) is 2. The summed E-state index contributed by atoms with van der Waals surface area (Å²) in [6.07, 6.45) is 6.67. The van der Waals surface area contributed by atoms with Gasteiger partial charge in [0.1, 0.15) is 0 Å². The zero-order chi connectivity index (χ0) is 13.2. The highest BCUT2D eigenvalue weighted by molar-refractivity contribution is 4.40. The van der Waals surface area contributed by atoms with Gasteiger partial charge in [0.15, 0.2) is 0 Å². The van der Waals surface area contributed by atoms with E-state index in [9.17, 15) is 0 Å². The topological polar surface area (TPSA) is 58.9 Å². The molecule has 0 fully saturated rings. The molecule has 0 heterocycles. The van der Waals surface area contributed by atoms with E-state index < -0.39 is 0 Å². The van der Waals surface area contributed by atoms with Gasteiger partial charge in [-0.25, -0.2) is 0 Å². The largest absolute Gasteiger partial charge is 0.394 e. The molecule has 0 aromatic rings. The minimum absolute atomic E-state index is 0.0278. The van der Waals surface area contributed by atoms with E-state index in [4.69, 9.17) is 14.9 Å². The normalized spacial score (nSPS) is 9.88. The van der Waals surface area contributed by atoms with E-state index in [1.165, 1.54) is 32.1 Å². The smallest absolute Gasteiger partial charge is 0.0698 e. The molecule has 17 heavy (non-hydrogen) atoms. The van der Waals surface area contributed by atoms with E-state index in [0.29, 0.717) is 13.2 Å². The first-order chi connectivity index (χ1) is 8.33. The molecule has 106 valence electrons. The van der Waals surface area contributed by atoms with Crippen molar-refractivity contribution in [2.75, 3.05) is 39.6 Å². The van der Waals surface area contributed by atoms with Crippen molar-refractivity contribution in [2.45, 2.75) is 46.0 Å². The van der Waals surface area contributed by atoms with Crippen molar-refractivity contribution in [1.29, 1.82) is 0 Å². The second-order valence-corrected chi connectivity index (χ2v) is 3.67. The Morgan fingerprint density at radius 2 is 1.29 bits per heavy atom. The molecule has 0 aliphatic carbocycles. The lowest BCUT2D eigenvalue weighted by Gasteiger charge is -1.99. The summed E-state index contributed by atoms with van der Waals surface area (Å²) in [5, 5.41) is 16.2. The van der Waals surface area contributed by atoms with Gasteiger partial charge in [-0.3, -0.25) is 0 Å². The van der Waals surface area contributed by atoms with Gasteiger partial charge in [0.05, 0.1) is 26.4 Å². The van der Waals surface area contributed by atoms with Crippen LogP contribution in [0.5, 0.6) is 0 Å². The van der Waals surface area contributed by atoms with Gasteiger partial charge >= 0.3 is 0 Å². The minimum Gasteiger partial charge on any atom is -0.394 e. The maximum atomic E-state index is 8.09. The summed E-state index contributed by atoms with van der Waals surface area (Å²) in [5.74, 6) is 0. The highest BCUT2D eigenvalue weighted by Gasteiger charge is 1.87. The van der Waals surface area contributed by atoms with Crippen molar-refractivity contribution in [3.05, 3.63) is 0 Å². The SMILES string of the molecule is CCCCCCCOCC.OCCOCCO. The molecule has 0 amide bonds. The van der Waals surface area contributed by atoms with E-state index in [1.54, 1.807) is 0 Å². The van der Waals surface area contributed by atoms with E-state index >= 15 is 0 Å². The van der Waals surface area contributed by atoms with Crippen molar-refractivity contribution < 1.29 is 19.7 Å². The minimum atomic E-state index is 0.0278. The molecule has 0 rings (SSSR count). The average molecular weight is 250 g/mol. The van der Waals surface area contributed by atoms with Gasteiger partial charge in [0.2, 0.25) is 0 Å². The van der Waals surface area contributed by atoms with Crippen LogP contribution < -0.4 is 0 Å². The molecule has 2 N–H and O–H groups in total. The van der Waals surface area contributed by atoms with Crippen LogP contribution >= 0.6 is 0 Å². The van der Waals surface area contributed by atoms with Crippen LogP contribution in [0, 0.1) is 0 Å². The summed E-state index contributed by atoms with van der Waals surface area (Å²) in [7, 11) is 0. The Hall–Kier alpha value is -0.160. The summed E-state index contributed by atoms with van der Waals surface area (Å²) in [6, 6.07) is 0. The molecule has 0 radical (unpaired) electrons. The van der Waals surface area contributed by atoms with Gasteiger partial charge < -0.3 is 19.7 Å². The Morgan fingerprint density at radius 1 is 0.706 bits per heavy atom. The second-order valence-electron chi connectivity index (χ2n) is 3.67. The van der Waals surface area contributed by atoms with Gasteiger partial charge in [0.25, 0.3) is 0 Å². The maximum absolute atomic E-state index is 8.09. The van der Waals surface area contributed by atoms with Gasteiger partial charge in [-0.1, -0.05) is 32.6 Å². The molecule has 0 aromatic heterocycles. The fourth-order valence-electron chi connectivity index (χ4n) is 1.18. The van der Waals surface area contributed by atoms with Crippen LogP contribution in [0.4, 0.5) is 0 Å². The first-order valence-electron chi connectivity index (χ1n) is 6.70. The molecule has 0 unspecified atom stereocenters. The fraction of sp³-hybridized carbons (Fsp3) is 1.00. The van der Waals surface area contributed by atoms with Crippen LogP contribution in [0.25, 0.3) is 0 Å². The lowest BCUT2D eigenvalue weighted by atomic mass is 10.2. The van der Waals surface area contributed by atoms with Crippen molar-refractivity contribution in [3.8, 4) is 0 Å². The molecule has 0 saturated carbocycles. The molecule has 4 nitrogen and oxygen atoms in total. The van der Waals surface area contributed by atoms with E-state index in [2.05, 4.69) is 11.7 Å². The highest BCUT2D eigenvalue weighted by Crippen LogP contribution is 2.01. The van der Waals surface area contributed by atoms with Gasteiger partial charge in [-0.05, 0) is 13.3 Å². The Morgan fingerprint density at radius 3 is 1.76 bits per heavy atom. The van der Waals surface area contributed by atoms with Crippen LogP contribution in [0.2, 0.25) is 0 Å². The Balaban J connectivity index is 0. The van der Waals surface area contributed by atoms with Crippen LogP contribution in [-0.2, 0) is 9.47 Å². The van der Waals surface area contributed by atoms with Crippen molar-refractivity contribution in [3.63, 3.8) is 0 Å². The van der Waals surface area contributed by atoms with Gasteiger partial charge in [-0.15, -0.1) is 0 Å². The highest BCUT2D eigenvalue weighted by atomic mass is 16.5. The molecule has 4 heteroatoms. The van der Waals surface area contributed by atoms with Crippen LogP contribution in [0.3, 0.4) is 0 Å². The molecule has 0 atom stereocenters. The lowest BCUT2D eigenvalue weighted by molar-refractivity contribution is 0.0650. The van der Waals surface area contributed by atoms with Gasteiger partial charge in [-0.2, -0.15) is 0 Å². The number of rotatable bonds is 11. The molecular formula is C13H30O4. The molecule has 0 aliphatic rings. The second kappa shape index (κ2) is 21.2. The predicted molar refractivity (Wildman–Crippen MR) is 70.2 cm³/mol. The Labute approximate surface area is 106 Å². The quantitative estimate of drug-likeness (QED) is 0.551. The Kier molecular flexibility index (Phi) is 23.9. The summed E-state index contributed by atoms with van der Waals surface area (Å²) >= 11 is 0. The molecule has 0 bridgehead atoms. The first kappa shape index (κ1) is 19.2. The third-order valence-electron chi connectivity index (χ3n) is 2.07. The monoisotopic (exact) mass is 250 g/mol. The molecule has 0 spiro atoms. The number of aliphatic hydroxyl groups is 2. The zero-order valence-corrected chi connectivity index (χ0v) is 11.5. The van der Waals surface area contributed by atoms with Crippen LogP contribution in [0.1, 0.15) is 46.0 Å². The Bertz CT molecular complexity index is 97.6. The van der Waals surface area contributed by atoms with Crippen LogP contribution in [0.15, 0.2) is 0 Å². The zero-order valence-electron chi connectivity index (χ0n) is 11.5. The van der Waals surface area contributed by atoms with E-state index in [0.717, 1.165) is 13.2 Å². The van der Waals surface area contributed by atoms with Gasteiger partial charge in [0, 0.05) is 13.2 Å². The number of unbranched alkanes of at least 4 members (excludes halogenated alkanes) is 4. The van der Waals surface area contributed by atoms with Crippen molar-refractivity contribution in [1.82, 2.24) is 0 Å². The van der Waals surface area contributed by atoms with E-state index in [1.807, 2.05) is 6.92 Å². The lowest BCUT2D eigenvalue weighted by Crippen LogP contribution is -2.03. The summed E-state index contributed by atoms with van der Waals surface area (Å²) in [4.78, 5) is 0. The van der Waals surface area contributed by atoms with E-state index in [-0.39, 0.29) is 13.2 Å². The third-order valence-corrected chi connectivity index (χ3v) is 2.07. The maximum Gasteiger partial charge on any atom is 0.0698 e. The van der Waals surface area contributed by atoms with Crippen molar-refractivity contribution in [2.24, 2.45) is 0 Å². The first-order valence-corrected chi connectivity index (χ1v) is 6.70. The van der Waals surface area contributed by atoms with Crippen molar-refractivity contribution >= 4 is 0 Å². The number of hydrogen-bond acceptors (Lipinski definition) is 4. The molecule has 0 aliphatic heterocycles. The molecule has 0 aromatic carbocycles. The number of aliphatic hydroxyl groups excluding tert-OH is 2. The standard InChI is InChI=1S/C9H20O.C4H10O3/c1-3-5-6-7-8-9-10-4-2;5-1-3-7-4-2-6/h3-9H2,1-2H3;5-6H,1-4H2. The summed E-state index contributed by atoms with van der Waals surface area (Å²) in [5.41, 5.74) is 0.